The van der Waals surface area contributed by atoms with Crippen LogP contribution in [0.2, 0.25) is 0 Å². The van der Waals surface area contributed by atoms with Crippen molar-refractivity contribution in [1.82, 2.24) is 0 Å². The zero-order valence-corrected chi connectivity index (χ0v) is 17.9. The molecule has 6 heteroatoms. The second-order valence-corrected chi connectivity index (χ2v) is 7.72. The lowest BCUT2D eigenvalue weighted by Gasteiger charge is -2.30. The van der Waals surface area contributed by atoms with E-state index in [1.54, 1.807) is 28.4 Å². The minimum atomic E-state index is 0.191. The van der Waals surface area contributed by atoms with E-state index in [0.29, 0.717) is 40.6 Å². The molecule has 1 heterocycles. The molecule has 2 aliphatic rings. The molecular weight excluding hydrogens is 372 g/mol. The molecular formula is C23H28O6. The molecule has 0 radical (unpaired) electrons. The molecule has 29 heavy (non-hydrogen) atoms. The van der Waals surface area contributed by atoms with Crippen LogP contribution in [0.3, 0.4) is 0 Å². The molecule has 0 bridgehead atoms. The highest BCUT2D eigenvalue weighted by atomic mass is 16.7. The van der Waals surface area contributed by atoms with Crippen LogP contribution in [-0.2, 0) is 12.8 Å². The molecule has 2 aromatic carbocycles. The fraction of sp³-hybridized carbons (Fsp3) is 0.478. The zero-order chi connectivity index (χ0) is 20.7. The molecule has 0 spiro atoms. The Morgan fingerprint density at radius 3 is 1.90 bits per heavy atom. The van der Waals surface area contributed by atoms with E-state index in [2.05, 4.69) is 26.0 Å². The van der Waals surface area contributed by atoms with Crippen LogP contribution in [-0.4, -0.2) is 35.2 Å². The van der Waals surface area contributed by atoms with Gasteiger partial charge in [0.2, 0.25) is 18.3 Å². The van der Waals surface area contributed by atoms with E-state index in [1.807, 2.05) is 0 Å². The summed E-state index contributed by atoms with van der Waals surface area (Å²) in [4.78, 5) is 0. The first-order valence-corrected chi connectivity index (χ1v) is 9.85. The molecule has 0 fully saturated rings. The Bertz CT molecular complexity index is 936. The van der Waals surface area contributed by atoms with Gasteiger partial charge >= 0.3 is 0 Å². The minimum Gasteiger partial charge on any atom is -0.493 e. The Hall–Kier alpha value is -2.76. The number of fused-ring (bicyclic) bond motifs is 4. The second-order valence-electron chi connectivity index (χ2n) is 7.72. The van der Waals surface area contributed by atoms with Crippen molar-refractivity contribution in [2.45, 2.75) is 26.7 Å². The maximum atomic E-state index is 5.88. The Morgan fingerprint density at radius 1 is 0.724 bits per heavy atom. The molecule has 0 aromatic heterocycles. The van der Waals surface area contributed by atoms with E-state index in [9.17, 15) is 0 Å². The monoisotopic (exact) mass is 400 g/mol. The quantitative estimate of drug-likeness (QED) is 0.754. The average molecular weight is 400 g/mol. The molecule has 0 unspecified atom stereocenters. The smallest absolute Gasteiger partial charge is 0.231 e. The van der Waals surface area contributed by atoms with Crippen molar-refractivity contribution in [2.75, 3.05) is 35.2 Å². The third kappa shape index (κ3) is 3.02. The fourth-order valence-electron chi connectivity index (χ4n) is 4.43. The van der Waals surface area contributed by atoms with Gasteiger partial charge in [0.25, 0.3) is 0 Å². The molecule has 0 saturated heterocycles. The van der Waals surface area contributed by atoms with Crippen LogP contribution >= 0.6 is 0 Å². The topological polar surface area (TPSA) is 55.4 Å². The minimum absolute atomic E-state index is 0.191. The predicted octanol–water partition coefficient (Wildman–Crippen LogP) is 4.49. The fourth-order valence-corrected chi connectivity index (χ4v) is 4.43. The Morgan fingerprint density at radius 2 is 1.31 bits per heavy atom. The Balaban J connectivity index is 2.12. The van der Waals surface area contributed by atoms with Crippen LogP contribution < -0.4 is 28.4 Å². The van der Waals surface area contributed by atoms with Gasteiger partial charge in [0, 0.05) is 11.1 Å². The summed E-state index contributed by atoms with van der Waals surface area (Å²) in [5.74, 6) is 4.85. The number of rotatable bonds is 4. The van der Waals surface area contributed by atoms with Gasteiger partial charge in [0.05, 0.1) is 28.4 Å². The number of ether oxygens (including phenoxy) is 6. The van der Waals surface area contributed by atoms with Crippen LogP contribution in [0.4, 0.5) is 0 Å². The number of hydrogen-bond acceptors (Lipinski definition) is 6. The summed E-state index contributed by atoms with van der Waals surface area (Å²) in [5.41, 5.74) is 4.23. The molecule has 4 rings (SSSR count). The van der Waals surface area contributed by atoms with Crippen LogP contribution in [0.1, 0.15) is 25.0 Å². The SMILES string of the molecule is COc1cc2c(c(OC)c1OC)-c1c(cc3c(c1OC)OCO3)C[C@H](C)[C@H](C)C2. The van der Waals surface area contributed by atoms with E-state index in [1.165, 1.54) is 0 Å². The summed E-state index contributed by atoms with van der Waals surface area (Å²) < 4.78 is 34.5. The van der Waals surface area contributed by atoms with Crippen LogP contribution in [0, 0.1) is 11.8 Å². The van der Waals surface area contributed by atoms with Crippen molar-refractivity contribution in [1.29, 1.82) is 0 Å². The highest BCUT2D eigenvalue weighted by Crippen LogP contribution is 2.56. The van der Waals surface area contributed by atoms with E-state index >= 15 is 0 Å². The summed E-state index contributed by atoms with van der Waals surface area (Å²) >= 11 is 0. The van der Waals surface area contributed by atoms with Gasteiger partial charge in [0.15, 0.2) is 23.0 Å². The van der Waals surface area contributed by atoms with Crippen molar-refractivity contribution in [3.05, 3.63) is 23.3 Å². The molecule has 2 atom stereocenters. The van der Waals surface area contributed by atoms with E-state index in [4.69, 9.17) is 28.4 Å². The Kier molecular flexibility index (Phi) is 5.11. The van der Waals surface area contributed by atoms with Crippen molar-refractivity contribution in [3.8, 4) is 45.6 Å². The van der Waals surface area contributed by atoms with Crippen LogP contribution in [0.25, 0.3) is 11.1 Å². The first kappa shape index (κ1) is 19.6. The lowest BCUT2D eigenvalue weighted by Crippen LogP contribution is -2.18. The average Bonchev–Trinajstić information content (AvgIpc) is 3.19. The van der Waals surface area contributed by atoms with Crippen molar-refractivity contribution in [3.63, 3.8) is 0 Å². The lowest BCUT2D eigenvalue weighted by atomic mass is 9.77. The van der Waals surface area contributed by atoms with E-state index < -0.39 is 0 Å². The highest BCUT2D eigenvalue weighted by Gasteiger charge is 2.34. The van der Waals surface area contributed by atoms with Crippen molar-refractivity contribution < 1.29 is 28.4 Å². The summed E-state index contributed by atoms with van der Waals surface area (Å²) in [6, 6.07) is 4.13. The molecule has 2 aromatic rings. The summed E-state index contributed by atoms with van der Waals surface area (Å²) in [6.45, 7) is 4.76. The number of methoxy groups -OCH3 is 4. The van der Waals surface area contributed by atoms with Gasteiger partial charge in [-0.25, -0.2) is 0 Å². The summed E-state index contributed by atoms with van der Waals surface area (Å²) in [5, 5.41) is 0. The summed E-state index contributed by atoms with van der Waals surface area (Å²) in [6.07, 6.45) is 1.80. The van der Waals surface area contributed by atoms with E-state index in [-0.39, 0.29) is 6.79 Å². The Labute approximate surface area is 171 Å². The van der Waals surface area contributed by atoms with Gasteiger partial charge in [-0.15, -0.1) is 0 Å². The molecule has 0 saturated carbocycles. The van der Waals surface area contributed by atoms with Crippen LogP contribution in [0.15, 0.2) is 12.1 Å². The molecule has 156 valence electrons. The molecule has 6 nitrogen and oxygen atoms in total. The summed E-state index contributed by atoms with van der Waals surface area (Å²) in [7, 11) is 6.58. The van der Waals surface area contributed by atoms with Gasteiger partial charge in [-0.05, 0) is 47.9 Å². The van der Waals surface area contributed by atoms with Gasteiger partial charge in [-0.2, -0.15) is 0 Å². The van der Waals surface area contributed by atoms with Crippen molar-refractivity contribution >= 4 is 0 Å². The first-order chi connectivity index (χ1) is 14.0. The molecule has 0 amide bonds. The van der Waals surface area contributed by atoms with Crippen LogP contribution in [0.5, 0.6) is 34.5 Å². The van der Waals surface area contributed by atoms with Gasteiger partial charge in [-0.1, -0.05) is 13.8 Å². The lowest BCUT2D eigenvalue weighted by molar-refractivity contribution is 0.171. The molecule has 1 aliphatic heterocycles. The molecule has 1 aliphatic carbocycles. The third-order valence-corrected chi connectivity index (χ3v) is 6.12. The van der Waals surface area contributed by atoms with Crippen molar-refractivity contribution in [2.24, 2.45) is 11.8 Å². The highest BCUT2D eigenvalue weighted by molar-refractivity contribution is 5.88. The third-order valence-electron chi connectivity index (χ3n) is 6.12. The second kappa shape index (κ2) is 7.58. The first-order valence-electron chi connectivity index (χ1n) is 9.85. The largest absolute Gasteiger partial charge is 0.493 e. The molecule has 0 N–H and O–H groups in total. The number of hydrogen-bond donors (Lipinski definition) is 0. The van der Waals surface area contributed by atoms with Gasteiger partial charge in [0.1, 0.15) is 0 Å². The maximum absolute atomic E-state index is 5.88. The van der Waals surface area contributed by atoms with Gasteiger partial charge < -0.3 is 28.4 Å². The zero-order valence-electron chi connectivity index (χ0n) is 17.9. The van der Waals surface area contributed by atoms with E-state index in [0.717, 1.165) is 40.8 Å². The van der Waals surface area contributed by atoms with Gasteiger partial charge in [-0.3, -0.25) is 0 Å². The number of benzene rings is 2. The predicted molar refractivity (Wildman–Crippen MR) is 110 cm³/mol. The maximum Gasteiger partial charge on any atom is 0.231 e. The standard InChI is InChI=1S/C23H28O6/c1-12-7-14-9-16(24-3)20(25-4)22(26-5)18(14)19-15(8-13(12)2)10-17-21(23(19)27-6)29-11-28-17/h9-10,12-13H,7-8,11H2,1-6H3/t12-,13+/m1/s1. The normalized spacial score (nSPS) is 19.5.